The van der Waals surface area contributed by atoms with Gasteiger partial charge in [0.2, 0.25) is 0 Å². The Morgan fingerprint density at radius 1 is 0.696 bits per heavy atom. The van der Waals surface area contributed by atoms with Crippen molar-refractivity contribution < 1.29 is 5.11 Å². The molecule has 0 aliphatic rings. The zero-order valence-electron chi connectivity index (χ0n) is 11.9. The van der Waals surface area contributed by atoms with Crippen molar-refractivity contribution in [2.24, 2.45) is 10.2 Å². The lowest BCUT2D eigenvalue weighted by atomic mass is 10.1. The van der Waals surface area contributed by atoms with Crippen LogP contribution in [-0.4, -0.2) is 5.11 Å². The third-order valence-electron chi connectivity index (χ3n) is 3.26. The van der Waals surface area contributed by atoms with E-state index in [1.54, 1.807) is 30.3 Å². The van der Waals surface area contributed by atoms with Gasteiger partial charge in [0.15, 0.2) is 0 Å². The third kappa shape index (κ3) is 3.70. The average molecular weight is 343 g/mol. The maximum absolute atomic E-state index is 9.96. The number of hydrogen-bond acceptors (Lipinski definition) is 3. The highest BCUT2D eigenvalue weighted by molar-refractivity contribution is 6.42. The molecule has 0 amide bonds. The van der Waals surface area contributed by atoms with Gasteiger partial charge in [-0.2, -0.15) is 5.11 Å². The van der Waals surface area contributed by atoms with Crippen LogP contribution < -0.4 is 0 Å². The van der Waals surface area contributed by atoms with Crippen LogP contribution in [0.1, 0.15) is 0 Å². The second-order valence-electron chi connectivity index (χ2n) is 4.87. The van der Waals surface area contributed by atoms with E-state index in [1.165, 1.54) is 0 Å². The molecule has 3 aromatic carbocycles. The first-order chi connectivity index (χ1) is 11.1. The predicted octanol–water partition coefficient (Wildman–Crippen LogP) is 6.78. The molecular formula is C18H12Cl2N2O. The number of phenolic OH excluding ortho intramolecular Hbond substituents is 1. The molecule has 3 nitrogen and oxygen atoms in total. The molecule has 0 aromatic heterocycles. The van der Waals surface area contributed by atoms with E-state index >= 15 is 0 Å². The summed E-state index contributed by atoms with van der Waals surface area (Å²) in [7, 11) is 0. The Balaban J connectivity index is 1.93. The van der Waals surface area contributed by atoms with Gasteiger partial charge in [-0.1, -0.05) is 59.6 Å². The van der Waals surface area contributed by atoms with Gasteiger partial charge in [-0.05, 0) is 41.5 Å². The summed E-state index contributed by atoms with van der Waals surface area (Å²) in [6.07, 6.45) is 0. The molecule has 0 heterocycles. The maximum atomic E-state index is 9.96. The van der Waals surface area contributed by atoms with Crippen LogP contribution in [0.4, 0.5) is 11.4 Å². The Kier molecular flexibility index (Phi) is 4.60. The Hall–Kier alpha value is -2.36. The minimum absolute atomic E-state index is 0.0634. The molecule has 0 fully saturated rings. The first-order valence-electron chi connectivity index (χ1n) is 6.89. The fourth-order valence-electron chi connectivity index (χ4n) is 2.07. The largest absolute Gasteiger partial charge is 0.506 e. The fraction of sp³-hybridized carbons (Fsp3) is 0. The van der Waals surface area contributed by atoms with Gasteiger partial charge in [0.05, 0.1) is 15.7 Å². The van der Waals surface area contributed by atoms with E-state index < -0.39 is 0 Å². The third-order valence-corrected chi connectivity index (χ3v) is 4.00. The van der Waals surface area contributed by atoms with Crippen LogP contribution in [0.5, 0.6) is 5.75 Å². The minimum atomic E-state index is 0.0634. The molecule has 3 aromatic rings. The van der Waals surface area contributed by atoms with Crippen LogP contribution in [0.15, 0.2) is 77.0 Å². The minimum Gasteiger partial charge on any atom is -0.506 e. The van der Waals surface area contributed by atoms with E-state index in [2.05, 4.69) is 10.2 Å². The highest BCUT2D eigenvalue weighted by atomic mass is 35.5. The molecule has 114 valence electrons. The molecule has 0 radical (unpaired) electrons. The van der Waals surface area contributed by atoms with Crippen molar-refractivity contribution in [1.29, 1.82) is 0 Å². The molecule has 23 heavy (non-hydrogen) atoms. The van der Waals surface area contributed by atoms with Gasteiger partial charge >= 0.3 is 0 Å². The molecule has 0 atom stereocenters. The first-order valence-corrected chi connectivity index (χ1v) is 7.64. The van der Waals surface area contributed by atoms with E-state index in [0.29, 0.717) is 21.4 Å². The average Bonchev–Trinajstić information content (AvgIpc) is 2.58. The Labute approximate surface area is 143 Å². The summed E-state index contributed by atoms with van der Waals surface area (Å²) in [6, 6.07) is 20.0. The van der Waals surface area contributed by atoms with Gasteiger partial charge in [-0.3, -0.25) is 0 Å². The van der Waals surface area contributed by atoms with Crippen LogP contribution in [0.2, 0.25) is 10.0 Å². The van der Waals surface area contributed by atoms with Crippen molar-refractivity contribution in [3.8, 4) is 16.9 Å². The van der Waals surface area contributed by atoms with Crippen LogP contribution in [0, 0.1) is 0 Å². The molecule has 0 aliphatic heterocycles. The summed E-state index contributed by atoms with van der Waals surface area (Å²) in [4.78, 5) is 0. The second kappa shape index (κ2) is 6.82. The smallest absolute Gasteiger partial charge is 0.143 e. The number of aromatic hydroxyl groups is 1. The zero-order chi connectivity index (χ0) is 16.2. The van der Waals surface area contributed by atoms with Gasteiger partial charge < -0.3 is 5.11 Å². The second-order valence-corrected chi connectivity index (χ2v) is 5.68. The van der Waals surface area contributed by atoms with Crippen molar-refractivity contribution in [3.05, 3.63) is 76.8 Å². The summed E-state index contributed by atoms with van der Waals surface area (Å²) >= 11 is 11.8. The summed E-state index contributed by atoms with van der Waals surface area (Å²) in [6.45, 7) is 0. The van der Waals surface area contributed by atoms with Crippen LogP contribution >= 0.6 is 23.2 Å². The number of halogens is 2. The SMILES string of the molecule is Oc1ccc(-c2ccccc2)cc1N=Nc1ccc(Cl)c(Cl)c1. The number of rotatable bonds is 3. The lowest BCUT2D eigenvalue weighted by molar-refractivity contribution is 0.476. The number of azo groups is 1. The van der Waals surface area contributed by atoms with Crippen LogP contribution in [-0.2, 0) is 0 Å². The van der Waals surface area contributed by atoms with Gasteiger partial charge in [0.1, 0.15) is 11.4 Å². The zero-order valence-corrected chi connectivity index (χ0v) is 13.5. The lowest BCUT2D eigenvalue weighted by Crippen LogP contribution is -1.77. The Bertz CT molecular complexity index is 864. The van der Waals surface area contributed by atoms with Gasteiger partial charge in [0.25, 0.3) is 0 Å². The van der Waals surface area contributed by atoms with Gasteiger partial charge in [-0.15, -0.1) is 5.11 Å². The van der Waals surface area contributed by atoms with Crippen molar-refractivity contribution in [1.82, 2.24) is 0 Å². The topological polar surface area (TPSA) is 45.0 Å². The molecule has 5 heteroatoms. The van der Waals surface area contributed by atoms with Crippen LogP contribution in [0.3, 0.4) is 0 Å². The molecule has 0 saturated carbocycles. The molecule has 1 N–H and O–H groups in total. The Morgan fingerprint density at radius 3 is 2.22 bits per heavy atom. The summed E-state index contributed by atoms with van der Waals surface area (Å²) in [5.74, 6) is 0.0634. The molecule has 0 unspecified atom stereocenters. The van der Waals surface area contributed by atoms with E-state index in [0.717, 1.165) is 11.1 Å². The molecule has 0 aliphatic carbocycles. The number of hydrogen-bond donors (Lipinski definition) is 1. The Morgan fingerprint density at radius 2 is 1.48 bits per heavy atom. The molecule has 0 saturated heterocycles. The van der Waals surface area contributed by atoms with Crippen molar-refractivity contribution >= 4 is 34.6 Å². The summed E-state index contributed by atoms with van der Waals surface area (Å²) in [5.41, 5.74) is 2.94. The standard InChI is InChI=1S/C18H12Cl2N2O/c19-15-8-7-14(11-16(15)20)21-22-17-10-13(6-9-18(17)23)12-4-2-1-3-5-12/h1-11,23H. The normalized spacial score (nSPS) is 11.0. The van der Waals surface area contributed by atoms with Crippen molar-refractivity contribution in [3.63, 3.8) is 0 Å². The summed E-state index contributed by atoms with van der Waals surface area (Å²) < 4.78 is 0. The van der Waals surface area contributed by atoms with Gasteiger partial charge in [0, 0.05) is 0 Å². The fourth-order valence-corrected chi connectivity index (χ4v) is 2.36. The summed E-state index contributed by atoms with van der Waals surface area (Å²) in [5, 5.41) is 19.0. The predicted molar refractivity (Wildman–Crippen MR) is 94.2 cm³/mol. The van der Waals surface area contributed by atoms with E-state index in [1.807, 2.05) is 36.4 Å². The maximum Gasteiger partial charge on any atom is 0.143 e. The lowest BCUT2D eigenvalue weighted by Gasteiger charge is -2.04. The monoisotopic (exact) mass is 342 g/mol. The first kappa shape index (κ1) is 15.5. The van der Waals surface area contributed by atoms with Gasteiger partial charge in [-0.25, -0.2) is 0 Å². The van der Waals surface area contributed by atoms with Crippen LogP contribution in [0.25, 0.3) is 11.1 Å². The number of phenols is 1. The highest BCUT2D eigenvalue weighted by Gasteiger charge is 2.04. The van der Waals surface area contributed by atoms with Crippen molar-refractivity contribution in [2.75, 3.05) is 0 Å². The van der Waals surface area contributed by atoms with E-state index in [-0.39, 0.29) is 5.75 Å². The number of benzene rings is 3. The molecule has 0 bridgehead atoms. The van der Waals surface area contributed by atoms with E-state index in [9.17, 15) is 5.11 Å². The molecule has 3 rings (SSSR count). The quantitative estimate of drug-likeness (QED) is 0.523. The highest BCUT2D eigenvalue weighted by Crippen LogP contribution is 2.34. The van der Waals surface area contributed by atoms with E-state index in [4.69, 9.17) is 23.2 Å². The number of nitrogens with zero attached hydrogens (tertiary/aromatic N) is 2. The van der Waals surface area contributed by atoms with Crippen molar-refractivity contribution in [2.45, 2.75) is 0 Å². The molecule has 0 spiro atoms. The molecular weight excluding hydrogens is 331 g/mol.